The molecular weight excluding hydrogens is 248 g/mol. The molecule has 0 aromatic heterocycles. The van der Waals surface area contributed by atoms with Crippen LogP contribution in [0.3, 0.4) is 0 Å². The fraction of sp³-hybridized carbons (Fsp3) is 0.588. The van der Waals surface area contributed by atoms with E-state index in [4.69, 9.17) is 0 Å². The Balaban J connectivity index is 1.69. The lowest BCUT2D eigenvalue weighted by molar-refractivity contribution is 0.0505. The van der Waals surface area contributed by atoms with Gasteiger partial charge in [-0.15, -0.1) is 0 Å². The van der Waals surface area contributed by atoms with Crippen LogP contribution >= 0.6 is 0 Å². The van der Waals surface area contributed by atoms with Crippen LogP contribution < -0.4 is 5.32 Å². The molecule has 20 heavy (non-hydrogen) atoms. The highest BCUT2D eigenvalue weighted by atomic mass is 16.1. The van der Waals surface area contributed by atoms with Crippen LogP contribution in [0.2, 0.25) is 0 Å². The topological polar surface area (TPSA) is 32.3 Å². The van der Waals surface area contributed by atoms with Crippen LogP contribution in [0, 0.1) is 5.92 Å². The van der Waals surface area contributed by atoms with Crippen molar-refractivity contribution in [3.05, 3.63) is 35.9 Å². The molecular formula is C17H24N2O. The average Bonchev–Trinajstić information content (AvgIpc) is 2.51. The Morgan fingerprint density at radius 2 is 1.90 bits per heavy atom. The number of fused-ring (bicyclic) bond motifs is 1. The number of likely N-dealkylation sites (tertiary alicyclic amines) is 1. The van der Waals surface area contributed by atoms with E-state index < -0.39 is 0 Å². The molecule has 1 aliphatic heterocycles. The molecule has 0 radical (unpaired) electrons. The van der Waals surface area contributed by atoms with Gasteiger partial charge in [-0.05, 0) is 44.4 Å². The van der Waals surface area contributed by atoms with E-state index in [0.717, 1.165) is 18.5 Å². The number of benzene rings is 1. The van der Waals surface area contributed by atoms with E-state index >= 15 is 0 Å². The summed E-state index contributed by atoms with van der Waals surface area (Å²) in [6.45, 7) is 1.10. The first-order valence-electron chi connectivity index (χ1n) is 7.82. The number of hydrogen-bond donors (Lipinski definition) is 1. The number of carbonyl (C=O) groups excluding carboxylic acids is 1. The van der Waals surface area contributed by atoms with Gasteiger partial charge in [-0.2, -0.15) is 0 Å². The first kappa shape index (κ1) is 13.6. The van der Waals surface area contributed by atoms with E-state index in [1.807, 2.05) is 30.3 Å². The van der Waals surface area contributed by atoms with Gasteiger partial charge in [0, 0.05) is 24.2 Å². The Bertz CT molecular complexity index is 459. The maximum atomic E-state index is 12.3. The molecule has 2 aliphatic rings. The van der Waals surface area contributed by atoms with Crippen molar-refractivity contribution in [2.45, 2.75) is 44.2 Å². The molecule has 0 bridgehead atoms. The van der Waals surface area contributed by atoms with Crippen molar-refractivity contribution in [1.29, 1.82) is 0 Å². The fourth-order valence-electron chi connectivity index (χ4n) is 3.90. The quantitative estimate of drug-likeness (QED) is 0.897. The number of rotatable bonds is 2. The number of piperidine rings is 1. The van der Waals surface area contributed by atoms with Crippen molar-refractivity contribution in [2.75, 3.05) is 13.6 Å². The van der Waals surface area contributed by atoms with Gasteiger partial charge in [-0.1, -0.05) is 31.0 Å². The van der Waals surface area contributed by atoms with Crippen molar-refractivity contribution in [1.82, 2.24) is 10.2 Å². The summed E-state index contributed by atoms with van der Waals surface area (Å²) in [6, 6.07) is 10.6. The van der Waals surface area contributed by atoms with E-state index in [-0.39, 0.29) is 5.91 Å². The number of amides is 1. The Hall–Kier alpha value is -1.35. The average molecular weight is 272 g/mol. The summed E-state index contributed by atoms with van der Waals surface area (Å²) in [5, 5.41) is 3.29. The number of nitrogens with zero attached hydrogens (tertiary/aromatic N) is 1. The van der Waals surface area contributed by atoms with Crippen LogP contribution in [0.1, 0.15) is 42.5 Å². The molecule has 1 saturated heterocycles. The molecule has 3 rings (SSSR count). The molecule has 1 aliphatic carbocycles. The van der Waals surface area contributed by atoms with Gasteiger partial charge >= 0.3 is 0 Å². The van der Waals surface area contributed by atoms with Gasteiger partial charge in [0.15, 0.2) is 0 Å². The minimum absolute atomic E-state index is 0.0875. The highest BCUT2D eigenvalue weighted by Crippen LogP contribution is 2.34. The molecule has 108 valence electrons. The maximum absolute atomic E-state index is 12.3. The summed E-state index contributed by atoms with van der Waals surface area (Å²) in [7, 11) is 2.23. The van der Waals surface area contributed by atoms with E-state index in [2.05, 4.69) is 17.3 Å². The Morgan fingerprint density at radius 3 is 2.70 bits per heavy atom. The summed E-state index contributed by atoms with van der Waals surface area (Å²) in [5.41, 5.74) is 0.777. The van der Waals surface area contributed by atoms with Gasteiger partial charge < -0.3 is 10.2 Å². The Kier molecular flexibility index (Phi) is 4.06. The number of carbonyl (C=O) groups is 1. The maximum Gasteiger partial charge on any atom is 0.251 e. The second-order valence-corrected chi connectivity index (χ2v) is 6.23. The van der Waals surface area contributed by atoms with Crippen LogP contribution in [0.4, 0.5) is 0 Å². The van der Waals surface area contributed by atoms with E-state index in [1.54, 1.807) is 0 Å². The standard InChI is InChI=1S/C17H24N2O/c1-19-12-11-15(14-9-5-6-10-16(14)19)18-17(20)13-7-3-2-4-8-13/h2-4,7-8,14-16H,5-6,9-12H2,1H3,(H,18,20)/t14-,15?,16+/m0/s1. The summed E-state index contributed by atoms with van der Waals surface area (Å²) in [6.07, 6.45) is 6.28. The predicted molar refractivity (Wildman–Crippen MR) is 80.7 cm³/mol. The molecule has 1 aromatic rings. The van der Waals surface area contributed by atoms with Crippen molar-refractivity contribution >= 4 is 5.91 Å². The van der Waals surface area contributed by atoms with Crippen molar-refractivity contribution in [3.63, 3.8) is 0 Å². The molecule has 1 unspecified atom stereocenters. The normalized spacial score (nSPS) is 30.6. The Labute approximate surface area is 121 Å². The molecule has 1 aromatic carbocycles. The third-order valence-corrected chi connectivity index (χ3v) is 5.01. The first-order chi connectivity index (χ1) is 9.75. The molecule has 3 nitrogen and oxygen atoms in total. The molecule has 1 saturated carbocycles. The van der Waals surface area contributed by atoms with Gasteiger partial charge in [0.2, 0.25) is 0 Å². The molecule has 1 N–H and O–H groups in total. The van der Waals surface area contributed by atoms with Crippen molar-refractivity contribution in [3.8, 4) is 0 Å². The first-order valence-corrected chi connectivity index (χ1v) is 7.82. The fourth-order valence-corrected chi connectivity index (χ4v) is 3.90. The zero-order chi connectivity index (χ0) is 13.9. The highest BCUT2D eigenvalue weighted by Gasteiger charge is 2.38. The monoisotopic (exact) mass is 272 g/mol. The summed E-state index contributed by atoms with van der Waals surface area (Å²) >= 11 is 0. The number of hydrogen-bond acceptors (Lipinski definition) is 2. The van der Waals surface area contributed by atoms with Crippen molar-refractivity contribution in [2.24, 2.45) is 5.92 Å². The smallest absolute Gasteiger partial charge is 0.251 e. The van der Waals surface area contributed by atoms with Gasteiger partial charge in [-0.3, -0.25) is 4.79 Å². The molecule has 3 atom stereocenters. The second-order valence-electron chi connectivity index (χ2n) is 6.23. The van der Waals surface area contributed by atoms with Gasteiger partial charge in [0.1, 0.15) is 0 Å². The molecule has 0 spiro atoms. The van der Waals surface area contributed by atoms with Gasteiger partial charge in [0.25, 0.3) is 5.91 Å². The van der Waals surface area contributed by atoms with Crippen LogP contribution in [-0.4, -0.2) is 36.5 Å². The van der Waals surface area contributed by atoms with Crippen LogP contribution in [0.15, 0.2) is 30.3 Å². The van der Waals surface area contributed by atoms with E-state index in [0.29, 0.717) is 18.0 Å². The molecule has 2 fully saturated rings. The van der Waals surface area contributed by atoms with Crippen LogP contribution in [-0.2, 0) is 0 Å². The van der Waals surface area contributed by atoms with E-state index in [1.165, 1.54) is 25.7 Å². The minimum atomic E-state index is 0.0875. The third-order valence-electron chi connectivity index (χ3n) is 5.01. The summed E-state index contributed by atoms with van der Waals surface area (Å²) < 4.78 is 0. The number of nitrogens with one attached hydrogen (secondary N) is 1. The Morgan fingerprint density at radius 1 is 1.15 bits per heavy atom. The van der Waals surface area contributed by atoms with Gasteiger partial charge in [-0.25, -0.2) is 0 Å². The zero-order valence-corrected chi connectivity index (χ0v) is 12.2. The lowest BCUT2D eigenvalue weighted by Gasteiger charge is -2.46. The van der Waals surface area contributed by atoms with Crippen molar-refractivity contribution < 1.29 is 4.79 Å². The largest absolute Gasteiger partial charge is 0.349 e. The molecule has 1 amide bonds. The predicted octanol–water partition coefficient (Wildman–Crippen LogP) is 2.68. The molecule has 3 heteroatoms. The zero-order valence-electron chi connectivity index (χ0n) is 12.2. The molecule has 1 heterocycles. The van der Waals surface area contributed by atoms with E-state index in [9.17, 15) is 4.79 Å². The SMILES string of the molecule is CN1CCC(NC(=O)c2ccccc2)[C@@H]2CCCC[C@H]21. The van der Waals surface area contributed by atoms with Gasteiger partial charge in [0.05, 0.1) is 0 Å². The summed E-state index contributed by atoms with van der Waals surface area (Å²) in [5.74, 6) is 0.722. The van der Waals surface area contributed by atoms with Crippen LogP contribution in [0.5, 0.6) is 0 Å². The summed E-state index contributed by atoms with van der Waals surface area (Å²) in [4.78, 5) is 14.8. The van der Waals surface area contributed by atoms with Crippen LogP contribution in [0.25, 0.3) is 0 Å². The lowest BCUT2D eigenvalue weighted by Crippen LogP contribution is -2.56. The minimum Gasteiger partial charge on any atom is -0.349 e. The second kappa shape index (κ2) is 5.96. The third kappa shape index (κ3) is 2.73. The lowest BCUT2D eigenvalue weighted by atomic mass is 9.75. The highest BCUT2D eigenvalue weighted by molar-refractivity contribution is 5.94.